The first kappa shape index (κ1) is 17.3. The van der Waals surface area contributed by atoms with E-state index < -0.39 is 0 Å². The lowest BCUT2D eigenvalue weighted by Gasteiger charge is -2.40. The highest BCUT2D eigenvalue weighted by Crippen LogP contribution is 2.40. The molecule has 0 bridgehead atoms. The molecule has 1 fully saturated rings. The Bertz CT molecular complexity index is 882. The summed E-state index contributed by atoms with van der Waals surface area (Å²) < 4.78 is 12.7. The third-order valence-corrected chi connectivity index (χ3v) is 5.72. The summed E-state index contributed by atoms with van der Waals surface area (Å²) in [5.41, 5.74) is 1.09. The Morgan fingerprint density at radius 3 is 2.54 bits per heavy atom. The minimum absolute atomic E-state index is 0.0943. The van der Waals surface area contributed by atoms with Gasteiger partial charge in [-0.25, -0.2) is 4.98 Å². The molecule has 1 saturated heterocycles. The number of hydrogen-bond acceptors (Lipinski definition) is 7. The minimum Gasteiger partial charge on any atom is -0.497 e. The third-order valence-electron chi connectivity index (χ3n) is 4.63. The van der Waals surface area contributed by atoms with E-state index in [1.807, 2.05) is 24.3 Å². The van der Waals surface area contributed by atoms with Gasteiger partial charge in [0.2, 0.25) is 10.8 Å². The molecule has 1 aliphatic heterocycles. The van der Waals surface area contributed by atoms with Gasteiger partial charge in [-0.05, 0) is 31.5 Å². The second-order valence-corrected chi connectivity index (χ2v) is 7.64. The van der Waals surface area contributed by atoms with Crippen molar-refractivity contribution in [3.05, 3.63) is 41.0 Å². The summed E-state index contributed by atoms with van der Waals surface area (Å²) in [6.45, 7) is 5.73. The van der Waals surface area contributed by atoms with Crippen LogP contribution in [0.15, 0.2) is 30.6 Å². The summed E-state index contributed by atoms with van der Waals surface area (Å²) in [4.78, 5) is 8.10. The number of methoxy groups -OCH3 is 1. The Kier molecular flexibility index (Phi) is 4.56. The van der Waals surface area contributed by atoms with Gasteiger partial charge in [-0.1, -0.05) is 23.5 Å². The fraction of sp³-hybridized carbons (Fsp3) is 0.444. The molecule has 0 unspecified atom stereocenters. The van der Waals surface area contributed by atoms with Crippen molar-refractivity contribution in [3.8, 4) is 11.6 Å². The van der Waals surface area contributed by atoms with Crippen LogP contribution in [0.4, 0.5) is 0 Å². The highest BCUT2D eigenvalue weighted by atomic mass is 32.1. The van der Waals surface area contributed by atoms with Crippen molar-refractivity contribution in [2.45, 2.75) is 32.1 Å². The van der Waals surface area contributed by atoms with Crippen LogP contribution in [0.1, 0.15) is 30.3 Å². The first-order valence-corrected chi connectivity index (χ1v) is 9.43. The van der Waals surface area contributed by atoms with Gasteiger partial charge in [0, 0.05) is 13.1 Å². The van der Waals surface area contributed by atoms with Gasteiger partial charge in [0.1, 0.15) is 12.1 Å². The van der Waals surface area contributed by atoms with Gasteiger partial charge in [0.15, 0.2) is 0 Å². The number of thiazole rings is 1. The molecular formula is C18H22N4O3S. The molecule has 0 spiro atoms. The number of aromatic nitrogens is 3. The molecule has 0 radical (unpaired) electrons. The van der Waals surface area contributed by atoms with Gasteiger partial charge in [0.05, 0.1) is 30.2 Å². The number of rotatable bonds is 4. The topological polar surface area (TPSA) is 72.1 Å². The molecule has 0 amide bonds. The predicted molar refractivity (Wildman–Crippen MR) is 98.9 cm³/mol. The highest BCUT2D eigenvalue weighted by molar-refractivity contribution is 7.17. The molecular weight excluding hydrogens is 352 g/mol. The van der Waals surface area contributed by atoms with Crippen molar-refractivity contribution in [2.75, 3.05) is 20.2 Å². The van der Waals surface area contributed by atoms with E-state index in [0.29, 0.717) is 4.96 Å². The summed E-state index contributed by atoms with van der Waals surface area (Å²) in [6, 6.07) is 7.89. The van der Waals surface area contributed by atoms with E-state index in [0.717, 1.165) is 29.3 Å². The van der Waals surface area contributed by atoms with Crippen molar-refractivity contribution < 1.29 is 14.6 Å². The lowest BCUT2D eigenvalue weighted by Crippen LogP contribution is -2.47. The van der Waals surface area contributed by atoms with Gasteiger partial charge in [0.25, 0.3) is 0 Å². The molecule has 0 aliphatic carbocycles. The first-order valence-electron chi connectivity index (χ1n) is 8.61. The molecule has 138 valence electrons. The predicted octanol–water partition coefficient (Wildman–Crippen LogP) is 2.70. The molecule has 1 aromatic carbocycles. The highest BCUT2D eigenvalue weighted by Gasteiger charge is 2.33. The molecule has 26 heavy (non-hydrogen) atoms. The molecule has 8 heteroatoms. The first-order chi connectivity index (χ1) is 12.6. The number of nitrogens with zero attached hydrogens (tertiary/aromatic N) is 4. The SMILES string of the molecule is COc1ccc([C@H](c2sc3ncnn3c2O)N2C[C@H](C)O[C@@H](C)C2)cc1. The number of ether oxygens (including phenoxy) is 2. The zero-order valence-electron chi connectivity index (χ0n) is 15.0. The quantitative estimate of drug-likeness (QED) is 0.757. The molecule has 3 atom stereocenters. The zero-order valence-corrected chi connectivity index (χ0v) is 15.8. The fourth-order valence-corrected chi connectivity index (χ4v) is 4.71. The largest absolute Gasteiger partial charge is 0.497 e. The Hall–Kier alpha value is -2.16. The maximum Gasteiger partial charge on any atom is 0.230 e. The van der Waals surface area contributed by atoms with E-state index in [1.165, 1.54) is 22.2 Å². The molecule has 1 N–H and O–H groups in total. The number of hydrogen-bond donors (Lipinski definition) is 1. The summed E-state index contributed by atoms with van der Waals surface area (Å²) in [7, 11) is 1.66. The van der Waals surface area contributed by atoms with Gasteiger partial charge >= 0.3 is 0 Å². The Morgan fingerprint density at radius 2 is 1.92 bits per heavy atom. The van der Waals surface area contributed by atoms with Gasteiger partial charge in [-0.15, -0.1) is 0 Å². The van der Waals surface area contributed by atoms with Gasteiger partial charge < -0.3 is 14.6 Å². The standard InChI is InChI=1S/C18H22N4O3S/c1-11-8-21(9-12(2)25-11)15(13-4-6-14(24-3)7-5-13)16-17(23)22-18(26-16)19-10-20-22/h4-7,10-12,15,23H,8-9H2,1-3H3/t11-,12-,15+/m0/s1. The Labute approximate surface area is 155 Å². The van der Waals surface area contributed by atoms with Crippen molar-refractivity contribution in [1.82, 2.24) is 19.5 Å². The summed E-state index contributed by atoms with van der Waals surface area (Å²) in [5.74, 6) is 0.957. The minimum atomic E-state index is -0.0943. The number of aromatic hydroxyl groups is 1. The number of benzene rings is 1. The smallest absolute Gasteiger partial charge is 0.230 e. The van der Waals surface area contributed by atoms with Crippen LogP contribution in [0.5, 0.6) is 11.6 Å². The average Bonchev–Trinajstić information content (AvgIpc) is 3.19. The summed E-state index contributed by atoms with van der Waals surface area (Å²) in [6.07, 6.45) is 1.71. The van der Waals surface area contributed by atoms with Crippen LogP contribution in [-0.4, -0.2) is 57.0 Å². The fourth-order valence-electron chi connectivity index (χ4n) is 3.61. The summed E-state index contributed by atoms with van der Waals surface area (Å²) >= 11 is 1.47. The van der Waals surface area contributed by atoms with E-state index in [4.69, 9.17) is 9.47 Å². The van der Waals surface area contributed by atoms with Crippen molar-refractivity contribution in [3.63, 3.8) is 0 Å². The summed E-state index contributed by atoms with van der Waals surface area (Å²) in [5, 5.41) is 14.9. The van der Waals surface area contributed by atoms with Crippen molar-refractivity contribution in [2.24, 2.45) is 0 Å². The molecule has 0 saturated carbocycles. The van der Waals surface area contributed by atoms with Crippen LogP contribution in [-0.2, 0) is 4.74 Å². The van der Waals surface area contributed by atoms with Crippen LogP contribution in [0.3, 0.4) is 0 Å². The zero-order chi connectivity index (χ0) is 18.3. The van der Waals surface area contributed by atoms with E-state index >= 15 is 0 Å². The average molecular weight is 374 g/mol. The Balaban J connectivity index is 1.80. The van der Waals surface area contributed by atoms with Crippen LogP contribution in [0, 0.1) is 0 Å². The molecule has 7 nitrogen and oxygen atoms in total. The van der Waals surface area contributed by atoms with E-state index in [1.54, 1.807) is 7.11 Å². The van der Waals surface area contributed by atoms with Crippen molar-refractivity contribution in [1.29, 1.82) is 0 Å². The Morgan fingerprint density at radius 1 is 1.23 bits per heavy atom. The van der Waals surface area contributed by atoms with Gasteiger partial charge in [-0.2, -0.15) is 9.61 Å². The van der Waals surface area contributed by atoms with Crippen LogP contribution in [0.2, 0.25) is 0 Å². The lowest BCUT2D eigenvalue weighted by molar-refractivity contribution is -0.0764. The maximum atomic E-state index is 10.8. The van der Waals surface area contributed by atoms with E-state index in [2.05, 4.69) is 28.8 Å². The molecule has 3 aromatic rings. The molecule has 3 heterocycles. The maximum absolute atomic E-state index is 10.8. The van der Waals surface area contributed by atoms with Crippen LogP contribution < -0.4 is 4.74 Å². The van der Waals surface area contributed by atoms with Crippen LogP contribution >= 0.6 is 11.3 Å². The van der Waals surface area contributed by atoms with Crippen molar-refractivity contribution >= 4 is 16.3 Å². The molecule has 4 rings (SSSR count). The van der Waals surface area contributed by atoms with Gasteiger partial charge in [-0.3, -0.25) is 4.90 Å². The monoisotopic (exact) mass is 374 g/mol. The number of morpholine rings is 1. The normalized spacial score (nSPS) is 22.6. The lowest BCUT2D eigenvalue weighted by atomic mass is 10.0. The van der Waals surface area contributed by atoms with E-state index in [9.17, 15) is 5.11 Å². The van der Waals surface area contributed by atoms with E-state index in [-0.39, 0.29) is 24.1 Å². The third kappa shape index (κ3) is 3.04. The second-order valence-electron chi connectivity index (χ2n) is 6.63. The second kappa shape index (κ2) is 6.86. The molecule has 2 aromatic heterocycles. The number of fused-ring (bicyclic) bond motifs is 1. The molecule has 1 aliphatic rings. The van der Waals surface area contributed by atoms with Crippen LogP contribution in [0.25, 0.3) is 4.96 Å².